The van der Waals surface area contributed by atoms with Crippen LogP contribution in [0.1, 0.15) is 58.4 Å². The van der Waals surface area contributed by atoms with E-state index in [2.05, 4.69) is 5.32 Å². The summed E-state index contributed by atoms with van der Waals surface area (Å²) in [5.74, 6) is -0.868. The molecule has 1 saturated carbocycles. The average molecular weight is 477 g/mol. The average Bonchev–Trinajstić information content (AvgIpc) is 2.95. The summed E-state index contributed by atoms with van der Waals surface area (Å²) in [5, 5.41) is 3.11. The Hall–Kier alpha value is -3.32. The van der Waals surface area contributed by atoms with Gasteiger partial charge in [0.05, 0.1) is 38.4 Å². The van der Waals surface area contributed by atoms with Gasteiger partial charge in [0.1, 0.15) is 5.82 Å². The topological polar surface area (TPSA) is 66.5 Å². The van der Waals surface area contributed by atoms with Crippen molar-refractivity contribution in [3.8, 4) is 0 Å². The number of anilines is 1. The number of rotatable bonds is 4. The number of amides is 2. The smallest absolute Gasteiger partial charge is 0.259 e. The molecule has 3 aromatic rings. The second-order valence-corrected chi connectivity index (χ2v) is 10.2. The number of hydrogen-bond acceptors (Lipinski definition) is 3. The number of nitrogens with zero attached hydrogens (tertiary/aromatic N) is 1. The molecule has 1 N–H and O–H groups in total. The Morgan fingerprint density at radius 2 is 1.71 bits per heavy atom. The molecular formula is C27H25FN2O3S. The van der Waals surface area contributed by atoms with Gasteiger partial charge in [-0.2, -0.15) is 0 Å². The molecule has 0 unspecified atom stereocenters. The second kappa shape index (κ2) is 9.50. The van der Waals surface area contributed by atoms with E-state index in [1.165, 1.54) is 23.5 Å². The molecule has 0 saturated heterocycles. The van der Waals surface area contributed by atoms with Gasteiger partial charge in [-0.3, -0.25) is 9.59 Å². The minimum absolute atomic E-state index is 0.149. The molecule has 2 amide bonds. The number of carbonyl (C=O) groups excluding carboxylic acids is 2. The quantitative estimate of drug-likeness (QED) is 0.562. The summed E-state index contributed by atoms with van der Waals surface area (Å²) < 4.78 is 27.0. The minimum atomic E-state index is -1.59. The van der Waals surface area contributed by atoms with Gasteiger partial charge in [-0.25, -0.2) is 8.60 Å². The molecule has 7 heteroatoms. The fourth-order valence-electron chi connectivity index (χ4n) is 4.65. The zero-order valence-corrected chi connectivity index (χ0v) is 19.4. The first-order chi connectivity index (χ1) is 16.5. The molecule has 0 aromatic heterocycles. The zero-order chi connectivity index (χ0) is 23.7. The molecule has 2 aliphatic rings. The highest BCUT2D eigenvalue weighted by molar-refractivity contribution is 7.85. The number of carbonyl (C=O) groups is 2. The second-order valence-electron chi connectivity index (χ2n) is 8.77. The predicted octanol–water partition coefficient (Wildman–Crippen LogP) is 5.22. The van der Waals surface area contributed by atoms with E-state index in [1.54, 1.807) is 54.6 Å². The Balaban J connectivity index is 1.56. The van der Waals surface area contributed by atoms with E-state index in [4.69, 9.17) is 0 Å². The highest BCUT2D eigenvalue weighted by Gasteiger charge is 2.31. The lowest BCUT2D eigenvalue weighted by atomic mass is 9.95. The van der Waals surface area contributed by atoms with Crippen molar-refractivity contribution in [2.24, 2.45) is 0 Å². The highest BCUT2D eigenvalue weighted by Crippen LogP contribution is 2.36. The number of fused-ring (bicyclic) bond motifs is 2. The molecule has 1 aliphatic heterocycles. The molecule has 174 valence electrons. The Labute approximate surface area is 200 Å². The van der Waals surface area contributed by atoms with E-state index in [1.807, 2.05) is 0 Å². The van der Waals surface area contributed by atoms with Gasteiger partial charge >= 0.3 is 0 Å². The van der Waals surface area contributed by atoms with E-state index < -0.39 is 10.8 Å². The fourth-order valence-corrected chi connectivity index (χ4v) is 5.99. The van der Waals surface area contributed by atoms with Crippen LogP contribution in [0.5, 0.6) is 0 Å². The normalized spacial score (nSPS) is 18.1. The van der Waals surface area contributed by atoms with Crippen LogP contribution in [0.4, 0.5) is 10.1 Å². The SMILES string of the molecule is O=C(NC1CCCCC1)c1ccc2c(c1)N(Cc1ccc(F)cc1)C(=O)c1ccccc1[S@]2=O. The van der Waals surface area contributed by atoms with E-state index in [0.29, 0.717) is 26.6 Å². The van der Waals surface area contributed by atoms with Crippen LogP contribution in [-0.2, 0) is 17.3 Å². The van der Waals surface area contributed by atoms with Gasteiger partial charge in [0, 0.05) is 11.6 Å². The fraction of sp³-hybridized carbons (Fsp3) is 0.259. The maximum atomic E-state index is 13.6. The van der Waals surface area contributed by atoms with Crippen molar-refractivity contribution < 1.29 is 18.2 Å². The Morgan fingerprint density at radius 1 is 0.971 bits per heavy atom. The van der Waals surface area contributed by atoms with Crippen LogP contribution in [0.3, 0.4) is 0 Å². The Bertz CT molecular complexity index is 1270. The summed E-state index contributed by atoms with van der Waals surface area (Å²) in [4.78, 5) is 29.1. The maximum Gasteiger partial charge on any atom is 0.259 e. The van der Waals surface area contributed by atoms with Crippen molar-refractivity contribution in [1.82, 2.24) is 5.32 Å². The third kappa shape index (κ3) is 4.40. The molecule has 5 nitrogen and oxygen atoms in total. The Kier molecular flexibility index (Phi) is 6.28. The summed E-state index contributed by atoms with van der Waals surface area (Å²) in [6.45, 7) is 0.158. The van der Waals surface area contributed by atoms with Crippen LogP contribution in [0.15, 0.2) is 76.5 Å². The first-order valence-corrected chi connectivity index (χ1v) is 12.7. The third-order valence-corrected chi connectivity index (χ3v) is 7.97. The first kappa shape index (κ1) is 22.5. The van der Waals surface area contributed by atoms with Crippen molar-refractivity contribution in [1.29, 1.82) is 0 Å². The Morgan fingerprint density at radius 3 is 2.47 bits per heavy atom. The van der Waals surface area contributed by atoms with Gasteiger partial charge in [-0.05, 0) is 60.9 Å². The van der Waals surface area contributed by atoms with E-state index >= 15 is 0 Å². The van der Waals surface area contributed by atoms with Crippen LogP contribution in [0.2, 0.25) is 0 Å². The van der Waals surface area contributed by atoms with Gasteiger partial charge in [0.15, 0.2) is 0 Å². The molecule has 5 rings (SSSR count). The van der Waals surface area contributed by atoms with E-state index in [0.717, 1.165) is 31.2 Å². The number of hydrogen-bond donors (Lipinski definition) is 1. The first-order valence-electron chi connectivity index (χ1n) is 11.5. The monoisotopic (exact) mass is 476 g/mol. The summed E-state index contributed by atoms with van der Waals surface area (Å²) in [7, 11) is -1.59. The van der Waals surface area contributed by atoms with Gasteiger partial charge in [-0.1, -0.05) is 43.5 Å². The number of halogens is 1. The summed E-state index contributed by atoms with van der Waals surface area (Å²) >= 11 is 0. The van der Waals surface area contributed by atoms with E-state index in [9.17, 15) is 18.2 Å². The third-order valence-electron chi connectivity index (χ3n) is 6.47. The zero-order valence-electron chi connectivity index (χ0n) is 18.6. The predicted molar refractivity (Wildman–Crippen MR) is 129 cm³/mol. The van der Waals surface area contributed by atoms with Crippen molar-refractivity contribution in [3.05, 3.63) is 89.2 Å². The van der Waals surface area contributed by atoms with Crippen molar-refractivity contribution >= 4 is 28.3 Å². The van der Waals surface area contributed by atoms with Crippen molar-refractivity contribution in [2.45, 2.75) is 54.5 Å². The van der Waals surface area contributed by atoms with Gasteiger partial charge in [-0.15, -0.1) is 0 Å². The van der Waals surface area contributed by atoms with Crippen LogP contribution in [0.25, 0.3) is 0 Å². The number of benzene rings is 3. The van der Waals surface area contributed by atoms with Crippen LogP contribution >= 0.6 is 0 Å². The molecule has 34 heavy (non-hydrogen) atoms. The maximum absolute atomic E-state index is 13.6. The van der Waals surface area contributed by atoms with Crippen LogP contribution in [0, 0.1) is 5.82 Å². The molecule has 3 aromatic carbocycles. The molecular weight excluding hydrogens is 451 g/mol. The summed E-state index contributed by atoms with van der Waals surface area (Å²) in [6.07, 6.45) is 5.33. The van der Waals surface area contributed by atoms with Crippen molar-refractivity contribution in [2.75, 3.05) is 4.90 Å². The molecule has 1 atom stereocenters. The van der Waals surface area contributed by atoms with Crippen LogP contribution in [-0.4, -0.2) is 22.1 Å². The molecule has 1 aliphatic carbocycles. The molecule has 0 radical (unpaired) electrons. The molecule has 0 bridgehead atoms. The molecule has 0 spiro atoms. The highest BCUT2D eigenvalue weighted by atomic mass is 32.2. The van der Waals surface area contributed by atoms with E-state index in [-0.39, 0.29) is 30.2 Å². The van der Waals surface area contributed by atoms with Gasteiger partial charge in [0.2, 0.25) is 0 Å². The molecule has 1 heterocycles. The lowest BCUT2D eigenvalue weighted by molar-refractivity contribution is 0.0925. The summed E-state index contributed by atoms with van der Waals surface area (Å²) in [5.41, 5.74) is 1.93. The lowest BCUT2D eigenvalue weighted by Crippen LogP contribution is -2.36. The van der Waals surface area contributed by atoms with Crippen molar-refractivity contribution in [3.63, 3.8) is 0 Å². The number of nitrogens with one attached hydrogen (secondary N) is 1. The van der Waals surface area contributed by atoms with Gasteiger partial charge < -0.3 is 10.2 Å². The largest absolute Gasteiger partial charge is 0.349 e. The standard InChI is InChI=1S/C27H25FN2O3S/c28-20-13-10-18(11-14-20)17-30-23-16-19(26(31)29-21-6-2-1-3-7-21)12-15-25(23)34(33)24-9-5-4-8-22(24)27(30)32/h4-5,8-16,21H,1-3,6-7,17H2,(H,29,31)/t34-/m1/s1. The van der Waals surface area contributed by atoms with Gasteiger partial charge in [0.25, 0.3) is 11.8 Å². The van der Waals surface area contributed by atoms with Crippen LogP contribution < -0.4 is 10.2 Å². The lowest BCUT2D eigenvalue weighted by Gasteiger charge is -2.25. The summed E-state index contributed by atoms with van der Waals surface area (Å²) in [6, 6.07) is 17.9. The molecule has 1 fully saturated rings. The minimum Gasteiger partial charge on any atom is -0.349 e.